The minimum Gasteiger partial charge on any atom is -0.333 e. The van der Waals surface area contributed by atoms with Crippen LogP contribution in [0.4, 0.5) is 0 Å². The second-order valence-corrected chi connectivity index (χ2v) is 8.64. The summed E-state index contributed by atoms with van der Waals surface area (Å²) in [6.45, 7) is 2.76. The monoisotopic (exact) mass is 407 g/mol. The van der Waals surface area contributed by atoms with Crippen LogP contribution in [0, 0.1) is 0 Å². The van der Waals surface area contributed by atoms with Crippen molar-refractivity contribution in [1.82, 2.24) is 14.5 Å². The first-order chi connectivity index (χ1) is 11.5. The van der Waals surface area contributed by atoms with Gasteiger partial charge in [0.05, 0.1) is 11.8 Å². The summed E-state index contributed by atoms with van der Waals surface area (Å²) in [5, 5.41) is 3.94. The molecule has 140 valence electrons. The zero-order chi connectivity index (χ0) is 17.2. The van der Waals surface area contributed by atoms with Crippen molar-refractivity contribution in [3.63, 3.8) is 0 Å². The highest BCUT2D eigenvalue weighted by Crippen LogP contribution is 2.29. The Morgan fingerprint density at radius 3 is 2.72 bits per heavy atom. The maximum absolute atomic E-state index is 12.7. The summed E-state index contributed by atoms with van der Waals surface area (Å²) in [5.41, 5.74) is 0.925. The molecule has 0 radical (unpaired) electrons. The van der Waals surface area contributed by atoms with Gasteiger partial charge < -0.3 is 10.2 Å². The van der Waals surface area contributed by atoms with E-state index in [0.717, 1.165) is 12.1 Å². The Balaban J connectivity index is 0.00000225. The maximum Gasteiger partial charge on any atom is 0.224 e. The fourth-order valence-electron chi connectivity index (χ4n) is 3.33. The minimum absolute atomic E-state index is 0. The number of rotatable bonds is 4. The zero-order valence-corrected chi connectivity index (χ0v) is 16.2. The number of piperazine rings is 1. The van der Waals surface area contributed by atoms with E-state index < -0.39 is 10.0 Å². The van der Waals surface area contributed by atoms with Crippen molar-refractivity contribution in [2.45, 2.75) is 18.9 Å². The van der Waals surface area contributed by atoms with Crippen LogP contribution in [0.3, 0.4) is 0 Å². The lowest BCUT2D eigenvalue weighted by Gasteiger charge is -2.37. The van der Waals surface area contributed by atoms with Gasteiger partial charge >= 0.3 is 0 Å². The molecule has 1 amide bonds. The molecule has 6 nitrogen and oxygen atoms in total. The lowest BCUT2D eigenvalue weighted by Crippen LogP contribution is -2.49. The Morgan fingerprint density at radius 1 is 1.28 bits per heavy atom. The fourth-order valence-corrected chi connectivity index (χ4v) is 5.12. The molecule has 2 aliphatic heterocycles. The summed E-state index contributed by atoms with van der Waals surface area (Å²) in [5.74, 6) is 0.167. The normalized spacial score (nSPS) is 23.2. The summed E-state index contributed by atoms with van der Waals surface area (Å²) >= 11 is 6.29. The average Bonchev–Trinajstić information content (AvgIpc) is 2.91. The predicted octanol–water partition coefficient (Wildman–Crippen LogP) is 1.66. The van der Waals surface area contributed by atoms with Crippen LogP contribution in [0.1, 0.15) is 24.4 Å². The first-order valence-electron chi connectivity index (χ1n) is 8.21. The Hall–Kier alpha value is -0.860. The molecule has 2 aliphatic rings. The van der Waals surface area contributed by atoms with E-state index in [1.165, 1.54) is 4.31 Å². The minimum atomic E-state index is -3.16. The molecule has 0 aromatic heterocycles. The van der Waals surface area contributed by atoms with Gasteiger partial charge in [-0.15, -0.1) is 12.4 Å². The van der Waals surface area contributed by atoms with Crippen LogP contribution in [0.2, 0.25) is 5.02 Å². The number of hydrogen-bond acceptors (Lipinski definition) is 4. The smallest absolute Gasteiger partial charge is 0.224 e. The quantitative estimate of drug-likeness (QED) is 0.823. The third kappa shape index (κ3) is 4.65. The van der Waals surface area contributed by atoms with Crippen molar-refractivity contribution in [2.24, 2.45) is 0 Å². The lowest BCUT2D eigenvalue weighted by molar-refractivity contribution is -0.134. The number of halogens is 2. The standard InChI is InChI=1S/C16H22ClN3O3S.ClH/c17-14-5-2-1-4-13(14)15-12-18-7-10-20(15)16(21)6-9-19-8-3-11-24(19,22)23;/h1-2,4-5,15,18H,3,6-12H2;1H. The molecule has 1 aromatic carbocycles. The third-order valence-corrected chi connectivity index (χ3v) is 6.91. The summed E-state index contributed by atoms with van der Waals surface area (Å²) in [6.07, 6.45) is 0.854. The summed E-state index contributed by atoms with van der Waals surface area (Å²) < 4.78 is 25.1. The van der Waals surface area contributed by atoms with Crippen LogP contribution < -0.4 is 5.32 Å². The molecule has 1 atom stereocenters. The second kappa shape index (κ2) is 8.68. The Labute approximate surface area is 160 Å². The molecule has 3 rings (SSSR count). The van der Waals surface area contributed by atoms with E-state index in [9.17, 15) is 13.2 Å². The van der Waals surface area contributed by atoms with Crippen LogP contribution in [0.5, 0.6) is 0 Å². The van der Waals surface area contributed by atoms with E-state index in [1.807, 2.05) is 29.2 Å². The van der Waals surface area contributed by atoms with E-state index in [4.69, 9.17) is 11.6 Å². The molecule has 1 N–H and O–H groups in total. The molecule has 2 heterocycles. The van der Waals surface area contributed by atoms with Crippen molar-refractivity contribution in [2.75, 3.05) is 38.5 Å². The molecule has 0 aliphatic carbocycles. The first kappa shape index (κ1) is 20.5. The molecular weight excluding hydrogens is 385 g/mol. The highest BCUT2D eigenvalue weighted by molar-refractivity contribution is 7.89. The van der Waals surface area contributed by atoms with Gasteiger partial charge in [-0.3, -0.25) is 4.79 Å². The number of nitrogens with zero attached hydrogens (tertiary/aromatic N) is 2. The van der Waals surface area contributed by atoms with Gasteiger partial charge in [0.1, 0.15) is 0 Å². The molecule has 2 fully saturated rings. The second-order valence-electron chi connectivity index (χ2n) is 6.15. The Bertz CT molecular complexity index is 714. The Morgan fingerprint density at radius 2 is 2.04 bits per heavy atom. The number of carbonyl (C=O) groups excluding carboxylic acids is 1. The van der Waals surface area contributed by atoms with Gasteiger partial charge in [-0.05, 0) is 18.1 Å². The van der Waals surface area contributed by atoms with Crippen LogP contribution in [-0.4, -0.2) is 62.0 Å². The molecule has 9 heteroatoms. The molecule has 0 spiro atoms. The van der Waals surface area contributed by atoms with Crippen molar-refractivity contribution >= 4 is 39.9 Å². The van der Waals surface area contributed by atoms with Gasteiger partial charge in [-0.1, -0.05) is 29.8 Å². The fraction of sp³-hybridized carbons (Fsp3) is 0.562. The van der Waals surface area contributed by atoms with E-state index in [-0.39, 0.29) is 43.1 Å². The summed E-state index contributed by atoms with van der Waals surface area (Å²) in [4.78, 5) is 14.5. The van der Waals surface area contributed by atoms with Gasteiger partial charge in [-0.25, -0.2) is 12.7 Å². The topological polar surface area (TPSA) is 69.7 Å². The Kier molecular flexibility index (Phi) is 7.10. The van der Waals surface area contributed by atoms with E-state index in [0.29, 0.717) is 31.1 Å². The van der Waals surface area contributed by atoms with Crippen molar-refractivity contribution in [3.05, 3.63) is 34.9 Å². The van der Waals surface area contributed by atoms with Crippen LogP contribution in [-0.2, 0) is 14.8 Å². The van der Waals surface area contributed by atoms with Gasteiger partial charge in [0.2, 0.25) is 15.9 Å². The summed E-state index contributed by atoms with van der Waals surface area (Å²) in [6, 6.07) is 7.42. The third-order valence-electron chi connectivity index (χ3n) is 4.61. The SMILES string of the molecule is Cl.O=C(CCN1CCCS1(=O)=O)N1CCNCC1c1ccccc1Cl. The van der Waals surface area contributed by atoms with Crippen molar-refractivity contribution in [1.29, 1.82) is 0 Å². The van der Waals surface area contributed by atoms with Gasteiger partial charge in [0.15, 0.2) is 0 Å². The predicted molar refractivity (Wildman–Crippen MR) is 101 cm³/mol. The molecule has 0 saturated carbocycles. The largest absolute Gasteiger partial charge is 0.333 e. The lowest BCUT2D eigenvalue weighted by atomic mass is 10.0. The number of hydrogen-bond donors (Lipinski definition) is 1. The van der Waals surface area contributed by atoms with E-state index in [2.05, 4.69) is 5.32 Å². The highest BCUT2D eigenvalue weighted by atomic mass is 35.5. The van der Waals surface area contributed by atoms with Gasteiger partial charge in [-0.2, -0.15) is 0 Å². The molecule has 1 aromatic rings. The maximum atomic E-state index is 12.7. The highest BCUT2D eigenvalue weighted by Gasteiger charge is 2.32. The number of carbonyl (C=O) groups is 1. The van der Waals surface area contributed by atoms with Crippen LogP contribution in [0.25, 0.3) is 0 Å². The van der Waals surface area contributed by atoms with Crippen molar-refractivity contribution < 1.29 is 13.2 Å². The average molecular weight is 408 g/mol. The number of sulfonamides is 1. The molecule has 2 saturated heterocycles. The van der Waals surface area contributed by atoms with Gasteiger partial charge in [0, 0.05) is 44.2 Å². The van der Waals surface area contributed by atoms with Crippen LogP contribution >= 0.6 is 24.0 Å². The number of amides is 1. The van der Waals surface area contributed by atoms with E-state index >= 15 is 0 Å². The molecule has 25 heavy (non-hydrogen) atoms. The van der Waals surface area contributed by atoms with Gasteiger partial charge in [0.25, 0.3) is 0 Å². The first-order valence-corrected chi connectivity index (χ1v) is 10.2. The molecule has 0 bridgehead atoms. The number of benzene rings is 1. The number of nitrogens with one attached hydrogen (secondary N) is 1. The zero-order valence-electron chi connectivity index (χ0n) is 13.9. The summed E-state index contributed by atoms with van der Waals surface area (Å²) in [7, 11) is -3.16. The van der Waals surface area contributed by atoms with E-state index in [1.54, 1.807) is 0 Å². The van der Waals surface area contributed by atoms with Crippen molar-refractivity contribution in [3.8, 4) is 0 Å². The van der Waals surface area contributed by atoms with Crippen LogP contribution in [0.15, 0.2) is 24.3 Å². The molecule has 1 unspecified atom stereocenters. The molecular formula is C16H23Cl2N3O3S.